The summed E-state index contributed by atoms with van der Waals surface area (Å²) in [6, 6.07) is 13.1. The van der Waals surface area contributed by atoms with Crippen molar-refractivity contribution in [2.45, 2.75) is 19.0 Å². The van der Waals surface area contributed by atoms with Crippen molar-refractivity contribution >= 4 is 29.7 Å². The van der Waals surface area contributed by atoms with Gasteiger partial charge in [0.1, 0.15) is 0 Å². The first-order chi connectivity index (χ1) is 14.3. The number of hydrogen-bond acceptors (Lipinski definition) is 3. The quantitative estimate of drug-likeness (QED) is 0.683. The lowest BCUT2D eigenvalue weighted by molar-refractivity contribution is -0.137. The second kappa shape index (κ2) is 9.49. The molecule has 2 heterocycles. The number of amides is 1. The molecule has 2 aliphatic rings. The summed E-state index contributed by atoms with van der Waals surface area (Å²) >= 11 is 0. The molecule has 1 unspecified atom stereocenters. The van der Waals surface area contributed by atoms with E-state index < -0.39 is 11.7 Å². The van der Waals surface area contributed by atoms with Gasteiger partial charge in [0, 0.05) is 50.0 Å². The van der Waals surface area contributed by atoms with Gasteiger partial charge in [0.15, 0.2) is 0 Å². The van der Waals surface area contributed by atoms with Crippen molar-refractivity contribution in [1.29, 1.82) is 0 Å². The predicted octanol–water partition coefficient (Wildman–Crippen LogP) is 4.47. The van der Waals surface area contributed by atoms with Crippen LogP contribution in [0.3, 0.4) is 0 Å². The fourth-order valence-electron chi connectivity index (χ4n) is 4.32. The molecule has 1 atom stereocenters. The van der Waals surface area contributed by atoms with Gasteiger partial charge in [0.2, 0.25) is 5.91 Å². The first-order valence-electron chi connectivity index (χ1n) is 10.3. The van der Waals surface area contributed by atoms with Gasteiger partial charge in [0.05, 0.1) is 5.56 Å². The topological polar surface area (TPSA) is 26.8 Å². The van der Waals surface area contributed by atoms with Gasteiger partial charge < -0.3 is 14.7 Å². The summed E-state index contributed by atoms with van der Waals surface area (Å²) in [5.41, 5.74) is 2.18. The maximum atomic E-state index is 13.0. The number of anilines is 2. The zero-order valence-electron chi connectivity index (χ0n) is 17.4. The average molecular weight is 454 g/mol. The number of halogens is 4. The number of benzene rings is 2. The molecule has 0 N–H and O–H groups in total. The van der Waals surface area contributed by atoms with Crippen LogP contribution >= 0.6 is 12.4 Å². The Balaban J connectivity index is 0.00000272. The van der Waals surface area contributed by atoms with E-state index in [4.69, 9.17) is 0 Å². The van der Waals surface area contributed by atoms with Crippen LogP contribution in [0.4, 0.5) is 24.5 Å². The molecule has 2 aromatic carbocycles. The number of para-hydroxylation sites is 1. The molecule has 8 heteroatoms. The Bertz CT molecular complexity index is 896. The van der Waals surface area contributed by atoms with Gasteiger partial charge >= 0.3 is 6.18 Å². The number of alkyl halides is 3. The second-order valence-corrected chi connectivity index (χ2v) is 8.14. The third-order valence-corrected chi connectivity index (χ3v) is 6.12. The largest absolute Gasteiger partial charge is 0.416 e. The molecule has 2 saturated heterocycles. The molecule has 0 aliphatic carbocycles. The van der Waals surface area contributed by atoms with E-state index in [9.17, 15) is 18.0 Å². The predicted molar refractivity (Wildman–Crippen MR) is 119 cm³/mol. The summed E-state index contributed by atoms with van der Waals surface area (Å²) in [6.07, 6.45) is -3.02. The molecular weight excluding hydrogens is 427 g/mol. The number of hydrogen-bond donors (Lipinski definition) is 0. The maximum Gasteiger partial charge on any atom is 0.416 e. The first kappa shape index (κ1) is 23.4. The molecule has 1 amide bonds. The van der Waals surface area contributed by atoms with Crippen molar-refractivity contribution in [3.05, 3.63) is 59.7 Å². The van der Waals surface area contributed by atoms with Crippen molar-refractivity contribution in [2.75, 3.05) is 49.6 Å². The van der Waals surface area contributed by atoms with Gasteiger partial charge in [-0.1, -0.05) is 18.2 Å². The van der Waals surface area contributed by atoms with E-state index >= 15 is 0 Å². The highest BCUT2D eigenvalue weighted by molar-refractivity contribution is 5.97. The molecule has 0 saturated carbocycles. The van der Waals surface area contributed by atoms with Crippen molar-refractivity contribution in [3.63, 3.8) is 0 Å². The smallest absolute Gasteiger partial charge is 0.369 e. The van der Waals surface area contributed by atoms with Gasteiger partial charge in [-0.3, -0.25) is 4.79 Å². The number of rotatable bonds is 4. The van der Waals surface area contributed by atoms with Crippen LogP contribution in [-0.2, 0) is 17.4 Å². The standard InChI is InChI=1S/C23H26F3N3O.ClH/c1-27-12-14-28(15-13-27)21-5-3-2-4-17(21)16-18-10-11-29(22(18)30)20-8-6-19(7-9-20)23(24,25)26;/h2-9,18H,10-16H2,1H3;1H. The van der Waals surface area contributed by atoms with Gasteiger partial charge in [-0.25, -0.2) is 0 Å². The van der Waals surface area contributed by atoms with Crippen molar-refractivity contribution in [3.8, 4) is 0 Å². The van der Waals surface area contributed by atoms with Crippen LogP contribution in [0.5, 0.6) is 0 Å². The highest BCUT2D eigenvalue weighted by Crippen LogP contribution is 2.34. The van der Waals surface area contributed by atoms with Gasteiger partial charge in [-0.15, -0.1) is 12.4 Å². The summed E-state index contributed by atoms with van der Waals surface area (Å²) in [5.74, 6) is -0.163. The normalized spacial score (nSPS) is 20.1. The van der Waals surface area contributed by atoms with Gasteiger partial charge in [-0.2, -0.15) is 13.2 Å². The van der Waals surface area contributed by atoms with E-state index in [1.165, 1.54) is 17.8 Å². The van der Waals surface area contributed by atoms with Crippen molar-refractivity contribution < 1.29 is 18.0 Å². The lowest BCUT2D eigenvalue weighted by Crippen LogP contribution is -2.44. The second-order valence-electron chi connectivity index (χ2n) is 8.14. The Labute approximate surface area is 187 Å². The fraction of sp³-hybridized carbons (Fsp3) is 0.435. The first-order valence-corrected chi connectivity index (χ1v) is 10.3. The Morgan fingerprint density at radius 3 is 2.23 bits per heavy atom. The minimum atomic E-state index is -4.37. The SMILES string of the molecule is CN1CCN(c2ccccc2CC2CCN(c3ccc(C(F)(F)F)cc3)C2=O)CC1.Cl. The minimum Gasteiger partial charge on any atom is -0.369 e. The third kappa shape index (κ3) is 5.15. The molecule has 4 nitrogen and oxygen atoms in total. The van der Waals surface area contributed by atoms with Crippen molar-refractivity contribution in [1.82, 2.24) is 4.90 Å². The highest BCUT2D eigenvalue weighted by atomic mass is 35.5. The summed E-state index contributed by atoms with van der Waals surface area (Å²) < 4.78 is 38.4. The molecule has 2 aromatic rings. The molecule has 31 heavy (non-hydrogen) atoms. The molecule has 2 aliphatic heterocycles. The number of nitrogens with zero attached hydrogens (tertiary/aromatic N) is 3. The van der Waals surface area contributed by atoms with Crippen LogP contribution in [0, 0.1) is 5.92 Å². The molecule has 0 spiro atoms. The van der Waals surface area contributed by atoms with E-state index in [0.717, 1.165) is 43.9 Å². The number of carbonyl (C=O) groups excluding carboxylic acids is 1. The van der Waals surface area contributed by atoms with Crippen LogP contribution in [0.1, 0.15) is 17.5 Å². The maximum absolute atomic E-state index is 13.0. The zero-order chi connectivity index (χ0) is 21.3. The Morgan fingerprint density at radius 1 is 0.935 bits per heavy atom. The van der Waals surface area contributed by atoms with E-state index in [-0.39, 0.29) is 24.2 Å². The zero-order valence-corrected chi connectivity index (χ0v) is 18.3. The number of piperazine rings is 1. The molecule has 2 fully saturated rings. The monoisotopic (exact) mass is 453 g/mol. The van der Waals surface area contributed by atoms with Gasteiger partial charge in [0.25, 0.3) is 0 Å². The Morgan fingerprint density at radius 2 is 1.58 bits per heavy atom. The number of likely N-dealkylation sites (N-methyl/N-ethyl adjacent to an activating group) is 1. The Hall–Kier alpha value is -2.25. The molecule has 0 radical (unpaired) electrons. The summed E-state index contributed by atoms with van der Waals surface area (Å²) in [7, 11) is 2.12. The Kier molecular flexibility index (Phi) is 7.17. The van der Waals surface area contributed by atoms with Crippen molar-refractivity contribution in [2.24, 2.45) is 5.92 Å². The summed E-state index contributed by atoms with van der Waals surface area (Å²) in [5, 5.41) is 0. The van der Waals surface area contributed by atoms with Crippen LogP contribution in [-0.4, -0.2) is 50.6 Å². The average Bonchev–Trinajstić information content (AvgIpc) is 3.09. The molecule has 0 aromatic heterocycles. The van der Waals surface area contributed by atoms with E-state index in [2.05, 4.69) is 29.0 Å². The van der Waals surface area contributed by atoms with Crippen LogP contribution < -0.4 is 9.80 Å². The van der Waals surface area contributed by atoms with E-state index in [0.29, 0.717) is 25.1 Å². The lowest BCUT2D eigenvalue weighted by Gasteiger charge is -2.35. The fourth-order valence-corrected chi connectivity index (χ4v) is 4.32. The molecule has 0 bridgehead atoms. The molecular formula is C23H27ClF3N3O. The van der Waals surface area contributed by atoms with E-state index in [1.807, 2.05) is 12.1 Å². The van der Waals surface area contributed by atoms with Gasteiger partial charge in [-0.05, 0) is 55.8 Å². The van der Waals surface area contributed by atoms with Crippen LogP contribution in [0.15, 0.2) is 48.5 Å². The minimum absolute atomic E-state index is 0. The van der Waals surface area contributed by atoms with E-state index in [1.54, 1.807) is 4.90 Å². The van der Waals surface area contributed by atoms with Crippen LogP contribution in [0.25, 0.3) is 0 Å². The molecule has 168 valence electrons. The third-order valence-electron chi connectivity index (χ3n) is 6.12. The van der Waals surface area contributed by atoms with Crippen LogP contribution in [0.2, 0.25) is 0 Å². The molecule has 4 rings (SSSR count). The highest BCUT2D eigenvalue weighted by Gasteiger charge is 2.34. The summed E-state index contributed by atoms with van der Waals surface area (Å²) in [4.78, 5) is 19.3. The summed E-state index contributed by atoms with van der Waals surface area (Å²) in [6.45, 7) is 4.48. The lowest BCUT2D eigenvalue weighted by atomic mass is 9.96. The number of carbonyl (C=O) groups is 1.